The average Bonchev–Trinajstić information content (AvgIpc) is 3.89. The van der Waals surface area contributed by atoms with Crippen molar-refractivity contribution in [2.45, 2.75) is 96.5 Å². The Hall–Kier alpha value is -5.84. The number of nitrogens with one attached hydrogen (secondary N) is 1. The number of piperazine rings is 2. The van der Waals surface area contributed by atoms with Crippen molar-refractivity contribution in [2.75, 3.05) is 41.7 Å². The normalized spacial score (nSPS) is 19.2. The van der Waals surface area contributed by atoms with E-state index in [2.05, 4.69) is 122 Å². The maximum absolute atomic E-state index is 12.5. The molecule has 3 aromatic carbocycles. The Morgan fingerprint density at radius 2 is 1.24 bits per heavy atom. The number of sulfone groups is 1. The lowest BCUT2D eigenvalue weighted by atomic mass is 10.0. The number of nitrogens with zero attached hydrogens (tertiary/aromatic N) is 9. The van der Waals surface area contributed by atoms with Gasteiger partial charge in [-0.15, -0.1) is 0 Å². The fourth-order valence-electron chi connectivity index (χ4n) is 9.07. The van der Waals surface area contributed by atoms with Gasteiger partial charge in [0.15, 0.2) is 21.1 Å². The number of benzene rings is 3. The smallest absolute Gasteiger partial charge is 0.410 e. The third-order valence-corrected chi connectivity index (χ3v) is 14.5. The van der Waals surface area contributed by atoms with Crippen molar-refractivity contribution in [3.63, 3.8) is 0 Å². The largest absolute Gasteiger partial charge is 0.444 e. The van der Waals surface area contributed by atoms with Gasteiger partial charge >= 0.3 is 6.09 Å². The summed E-state index contributed by atoms with van der Waals surface area (Å²) in [6, 6.07) is 25.4. The number of ether oxygens (including phenoxy) is 1. The molecule has 2 fully saturated rings. The summed E-state index contributed by atoms with van der Waals surface area (Å²) >= 11 is 3.46. The third kappa shape index (κ3) is 10.1. The summed E-state index contributed by atoms with van der Waals surface area (Å²) in [6.07, 6.45) is 11.5. The zero-order valence-corrected chi connectivity index (χ0v) is 41.3. The van der Waals surface area contributed by atoms with Crippen LogP contribution in [0.1, 0.15) is 61.8 Å². The molecule has 4 aromatic heterocycles. The van der Waals surface area contributed by atoms with Crippen molar-refractivity contribution < 1.29 is 17.9 Å². The molecule has 1 N–H and O–H groups in total. The Morgan fingerprint density at radius 3 is 1.80 bits per heavy atom. The molecule has 7 aromatic rings. The highest BCUT2D eigenvalue weighted by Gasteiger charge is 2.34. The summed E-state index contributed by atoms with van der Waals surface area (Å²) in [5, 5.41) is 12.3. The number of carbonyl (C=O) groups excluding carboxylic acids is 1. The molecule has 0 unspecified atom stereocenters. The van der Waals surface area contributed by atoms with E-state index in [0.29, 0.717) is 42.1 Å². The van der Waals surface area contributed by atoms with Gasteiger partial charge in [-0.25, -0.2) is 32.2 Å². The van der Waals surface area contributed by atoms with E-state index in [9.17, 15) is 13.2 Å². The quantitative estimate of drug-likeness (QED) is 0.156. The van der Waals surface area contributed by atoms with E-state index < -0.39 is 15.4 Å². The number of rotatable bonds is 8. The molecule has 346 valence electrons. The SMILES string of the molecule is CCCS(=O)(=O)c1cccc(-c2cnn3cc(-c4ccc(N5[C@H](C)CNC[C@@H]5C)cc4)cnc23)c1.C[C@@H]1CN(C(=O)OC(C)(C)C)C[C@H](C)N1c1ccc(-c2cnc3c(Br)cnn3c2)cc1. The molecule has 4 atom stereocenters. The van der Waals surface area contributed by atoms with Crippen LogP contribution in [0.5, 0.6) is 0 Å². The van der Waals surface area contributed by atoms with Gasteiger partial charge in [-0.3, -0.25) is 0 Å². The van der Waals surface area contributed by atoms with E-state index in [-0.39, 0.29) is 23.9 Å². The lowest BCUT2D eigenvalue weighted by Crippen LogP contribution is -2.58. The molecule has 2 saturated heterocycles. The third-order valence-electron chi connectivity index (χ3n) is 12.0. The zero-order valence-electron chi connectivity index (χ0n) is 38.9. The van der Waals surface area contributed by atoms with Crippen LogP contribution in [0.3, 0.4) is 0 Å². The standard InChI is InChI=1S/C27H31N5O2S.C23H28BrN5O2/c1-4-12-35(33,34)25-7-5-6-22(13-25)26-17-30-31-18-23(16-29-27(26)31)21-8-10-24(11-9-21)32-19(2)14-28-15-20(32)3;1-15-12-27(22(30)31-23(3,4)5)13-16(2)29(15)19-8-6-17(7-9-19)18-10-25-21-20(24)11-26-28(21)14-18/h5-11,13,16-20,28H,4,12,14-15H2,1-3H3;6-11,14-16H,12-13H2,1-5H3/t19-,20+;15-,16+. The monoisotopic (exact) mass is 974 g/mol. The Balaban J connectivity index is 0.000000181. The van der Waals surface area contributed by atoms with Crippen molar-refractivity contribution >= 4 is 54.5 Å². The average molecular weight is 976 g/mol. The van der Waals surface area contributed by atoms with Crippen molar-refractivity contribution in [1.82, 2.24) is 39.4 Å². The lowest BCUT2D eigenvalue weighted by Gasteiger charge is -2.45. The van der Waals surface area contributed by atoms with E-state index in [4.69, 9.17) is 9.72 Å². The molecule has 66 heavy (non-hydrogen) atoms. The van der Waals surface area contributed by atoms with Crippen LogP contribution in [0.25, 0.3) is 44.7 Å². The van der Waals surface area contributed by atoms with Crippen LogP contribution in [-0.4, -0.2) is 110 Å². The summed E-state index contributed by atoms with van der Waals surface area (Å²) in [4.78, 5) is 28.7. The molecule has 6 heterocycles. The Bertz CT molecular complexity index is 2910. The van der Waals surface area contributed by atoms with Crippen LogP contribution >= 0.6 is 15.9 Å². The second kappa shape index (κ2) is 19.2. The van der Waals surface area contributed by atoms with Crippen molar-refractivity contribution in [3.8, 4) is 33.4 Å². The topological polar surface area (TPSA) is 143 Å². The summed E-state index contributed by atoms with van der Waals surface area (Å²) < 4.78 is 35.0. The first-order chi connectivity index (χ1) is 31.5. The predicted molar refractivity (Wildman–Crippen MR) is 266 cm³/mol. The minimum Gasteiger partial charge on any atom is -0.444 e. The fraction of sp³-hybridized carbons (Fsp3) is 0.380. The van der Waals surface area contributed by atoms with E-state index >= 15 is 0 Å². The van der Waals surface area contributed by atoms with Gasteiger partial charge < -0.3 is 24.8 Å². The number of aromatic nitrogens is 6. The molecule has 0 radical (unpaired) electrons. The molecule has 0 aliphatic carbocycles. The lowest BCUT2D eigenvalue weighted by molar-refractivity contribution is 0.0193. The van der Waals surface area contributed by atoms with E-state index in [0.717, 1.165) is 62.3 Å². The molecule has 0 saturated carbocycles. The number of hydrogen-bond donors (Lipinski definition) is 1. The van der Waals surface area contributed by atoms with Gasteiger partial charge in [0.2, 0.25) is 0 Å². The zero-order chi connectivity index (χ0) is 46.9. The first kappa shape index (κ1) is 46.7. The van der Waals surface area contributed by atoms with Crippen LogP contribution in [0.2, 0.25) is 0 Å². The number of carbonyl (C=O) groups is 1. The van der Waals surface area contributed by atoms with Crippen LogP contribution in [0.4, 0.5) is 16.2 Å². The molecule has 0 spiro atoms. The van der Waals surface area contributed by atoms with Crippen LogP contribution in [0, 0.1) is 0 Å². The summed E-state index contributed by atoms with van der Waals surface area (Å²) in [7, 11) is -3.29. The van der Waals surface area contributed by atoms with Crippen LogP contribution in [0.15, 0.2) is 119 Å². The van der Waals surface area contributed by atoms with Gasteiger partial charge in [-0.2, -0.15) is 10.2 Å². The first-order valence-corrected chi connectivity index (χ1v) is 25.1. The number of amides is 1. The number of fused-ring (bicyclic) bond motifs is 2. The molecule has 2 aliphatic heterocycles. The Kier molecular flexibility index (Phi) is 13.6. The van der Waals surface area contributed by atoms with Gasteiger partial charge in [0.05, 0.1) is 27.5 Å². The summed E-state index contributed by atoms with van der Waals surface area (Å²) in [5.74, 6) is 0.137. The molecule has 9 rings (SSSR count). The highest BCUT2D eigenvalue weighted by molar-refractivity contribution is 9.10. The number of hydrogen-bond acceptors (Lipinski definition) is 11. The molecular formula is C50H59BrN10O4S. The van der Waals surface area contributed by atoms with Crippen molar-refractivity contribution in [3.05, 3.63) is 114 Å². The molecular weight excluding hydrogens is 917 g/mol. The second-order valence-electron chi connectivity index (χ2n) is 18.5. The maximum atomic E-state index is 12.5. The van der Waals surface area contributed by atoms with E-state index in [1.165, 1.54) is 5.69 Å². The van der Waals surface area contributed by atoms with E-state index in [1.54, 1.807) is 39.6 Å². The van der Waals surface area contributed by atoms with Crippen LogP contribution < -0.4 is 15.1 Å². The predicted octanol–water partition coefficient (Wildman–Crippen LogP) is 9.43. The Morgan fingerprint density at radius 1 is 0.712 bits per heavy atom. The summed E-state index contributed by atoms with van der Waals surface area (Å²) in [6.45, 7) is 19.6. The summed E-state index contributed by atoms with van der Waals surface area (Å²) in [5.41, 5.74) is 9.10. The minimum atomic E-state index is -3.29. The Labute approximate surface area is 396 Å². The fourth-order valence-corrected chi connectivity index (χ4v) is 10.8. The van der Waals surface area contributed by atoms with Crippen molar-refractivity contribution in [1.29, 1.82) is 0 Å². The van der Waals surface area contributed by atoms with Crippen LogP contribution in [-0.2, 0) is 14.6 Å². The van der Waals surface area contributed by atoms with Gasteiger partial charge in [0.1, 0.15) is 5.60 Å². The van der Waals surface area contributed by atoms with Gasteiger partial charge in [-0.1, -0.05) is 43.3 Å². The number of halogens is 1. The molecule has 14 nitrogen and oxygen atoms in total. The first-order valence-electron chi connectivity index (χ1n) is 22.6. The molecule has 2 aliphatic rings. The second-order valence-corrected chi connectivity index (χ2v) is 21.4. The van der Waals surface area contributed by atoms with E-state index in [1.807, 2.05) is 63.4 Å². The minimum absolute atomic E-state index is 0.137. The highest BCUT2D eigenvalue weighted by atomic mass is 79.9. The molecule has 16 heteroatoms. The maximum Gasteiger partial charge on any atom is 0.410 e. The van der Waals surface area contributed by atoms with Gasteiger partial charge in [0.25, 0.3) is 0 Å². The van der Waals surface area contributed by atoms with Crippen molar-refractivity contribution in [2.24, 2.45) is 0 Å². The van der Waals surface area contributed by atoms with Gasteiger partial charge in [0, 0.05) is 103 Å². The van der Waals surface area contributed by atoms with Gasteiger partial charge in [-0.05, 0) is 124 Å². The molecule has 0 bridgehead atoms. The molecule has 1 amide bonds. The number of anilines is 2. The highest BCUT2D eigenvalue weighted by Crippen LogP contribution is 2.32.